The zero-order valence-electron chi connectivity index (χ0n) is 11.3. The van der Waals surface area contributed by atoms with Crippen molar-refractivity contribution in [1.29, 1.82) is 0 Å². The number of aliphatic carboxylic acids is 1. The lowest BCUT2D eigenvalue weighted by Gasteiger charge is -2.28. The van der Waals surface area contributed by atoms with Crippen LogP contribution in [0.3, 0.4) is 0 Å². The van der Waals surface area contributed by atoms with E-state index in [-0.39, 0.29) is 6.61 Å². The second-order valence-electron chi connectivity index (χ2n) is 4.87. The molecule has 1 aromatic rings. The lowest BCUT2D eigenvalue weighted by molar-refractivity contribution is -0.148. The van der Waals surface area contributed by atoms with E-state index in [4.69, 9.17) is 15.6 Å². The fourth-order valence-corrected chi connectivity index (χ4v) is 2.31. The summed E-state index contributed by atoms with van der Waals surface area (Å²) in [5.74, 6) is -2.17. The van der Waals surface area contributed by atoms with Crippen molar-refractivity contribution in [1.82, 2.24) is 4.90 Å². The Bertz CT molecular complexity index is 556. The average Bonchev–Trinajstić information content (AvgIpc) is 2.44. The molecule has 7 nitrogen and oxygen atoms in total. The smallest absolute Gasteiger partial charge is 0.323 e. The van der Waals surface area contributed by atoms with E-state index in [1.807, 2.05) is 24.3 Å². The van der Waals surface area contributed by atoms with Gasteiger partial charge in [-0.25, -0.2) is 0 Å². The number of fused-ring (bicyclic) bond motifs is 1. The molecule has 3 N–H and O–H groups in total. The van der Waals surface area contributed by atoms with Crippen molar-refractivity contribution in [2.45, 2.75) is 6.42 Å². The molecule has 1 aliphatic rings. The zero-order chi connectivity index (χ0) is 15.4. The van der Waals surface area contributed by atoms with E-state index in [9.17, 15) is 14.4 Å². The van der Waals surface area contributed by atoms with E-state index in [1.54, 1.807) is 0 Å². The number of amides is 2. The number of nitrogens with two attached hydrogens (primary N) is 1. The Kier molecular flexibility index (Phi) is 4.42. The quantitative estimate of drug-likeness (QED) is 0.770. The van der Waals surface area contributed by atoms with Crippen LogP contribution in [0.25, 0.3) is 0 Å². The molecule has 0 saturated heterocycles. The number of hydrogen-bond acceptors (Lipinski definition) is 4. The molecule has 0 radical (unpaired) electrons. The molecule has 1 heterocycles. The first-order valence-corrected chi connectivity index (χ1v) is 6.47. The fraction of sp³-hybridized carbons (Fsp3) is 0.357. The fourth-order valence-electron chi connectivity index (χ4n) is 2.31. The van der Waals surface area contributed by atoms with E-state index < -0.39 is 36.8 Å². The highest BCUT2D eigenvalue weighted by Gasteiger charge is 2.31. The summed E-state index contributed by atoms with van der Waals surface area (Å²) in [5, 5.41) is 8.82. The molecule has 2 amide bonds. The van der Waals surface area contributed by atoms with Gasteiger partial charge >= 0.3 is 5.97 Å². The Morgan fingerprint density at radius 1 is 1.29 bits per heavy atom. The normalized spacial score (nSPS) is 16.5. The van der Waals surface area contributed by atoms with Crippen LogP contribution in [0.2, 0.25) is 0 Å². The minimum atomic E-state index is -1.19. The summed E-state index contributed by atoms with van der Waals surface area (Å²) in [6, 6.07) is 7.34. The van der Waals surface area contributed by atoms with Gasteiger partial charge in [0.25, 0.3) is 0 Å². The van der Waals surface area contributed by atoms with Crippen molar-refractivity contribution in [2.24, 2.45) is 11.7 Å². The number of rotatable bonds is 5. The molecule has 7 heteroatoms. The molecule has 0 aliphatic carbocycles. The standard InChI is InChI=1S/C14H16N2O5/c15-12(17)6-16(7-13(18)19)14(20)10-5-9-3-1-2-4-11(9)21-8-10/h1-4,10H,5-8H2,(H2,15,17)(H,18,19). The third-order valence-corrected chi connectivity index (χ3v) is 3.21. The molecule has 112 valence electrons. The molecule has 1 unspecified atom stereocenters. The van der Waals surface area contributed by atoms with Crippen LogP contribution < -0.4 is 10.5 Å². The van der Waals surface area contributed by atoms with Crippen LogP contribution in [0.1, 0.15) is 5.56 Å². The highest BCUT2D eigenvalue weighted by Crippen LogP contribution is 2.27. The number of ether oxygens (including phenoxy) is 1. The highest BCUT2D eigenvalue weighted by atomic mass is 16.5. The Morgan fingerprint density at radius 2 is 2.00 bits per heavy atom. The minimum absolute atomic E-state index is 0.157. The topological polar surface area (TPSA) is 110 Å². The largest absolute Gasteiger partial charge is 0.492 e. The van der Waals surface area contributed by atoms with Gasteiger partial charge in [0, 0.05) is 0 Å². The van der Waals surface area contributed by atoms with Crippen molar-refractivity contribution >= 4 is 17.8 Å². The number of benzene rings is 1. The van der Waals surface area contributed by atoms with Gasteiger partial charge in [-0.15, -0.1) is 0 Å². The number of carboxylic acids is 1. The van der Waals surface area contributed by atoms with Gasteiger partial charge in [0.2, 0.25) is 11.8 Å². The lowest BCUT2D eigenvalue weighted by Crippen LogP contribution is -2.46. The number of hydrogen-bond donors (Lipinski definition) is 2. The van der Waals surface area contributed by atoms with Gasteiger partial charge in [-0.05, 0) is 18.1 Å². The summed E-state index contributed by atoms with van der Waals surface area (Å²) >= 11 is 0. The van der Waals surface area contributed by atoms with Crippen LogP contribution in [0.15, 0.2) is 24.3 Å². The molecule has 0 bridgehead atoms. The van der Waals surface area contributed by atoms with Crippen LogP contribution in [-0.2, 0) is 20.8 Å². The van der Waals surface area contributed by atoms with E-state index in [0.29, 0.717) is 6.42 Å². The van der Waals surface area contributed by atoms with Gasteiger partial charge < -0.3 is 20.5 Å². The molecule has 0 saturated carbocycles. The van der Waals surface area contributed by atoms with Gasteiger partial charge in [0.1, 0.15) is 18.9 Å². The molecular formula is C14H16N2O5. The summed E-state index contributed by atoms with van der Waals surface area (Å²) in [6.07, 6.45) is 0.448. The highest BCUT2D eigenvalue weighted by molar-refractivity contribution is 5.88. The number of primary amides is 1. The van der Waals surface area contributed by atoms with Crippen molar-refractivity contribution in [2.75, 3.05) is 19.7 Å². The molecular weight excluding hydrogens is 276 g/mol. The predicted molar refractivity (Wildman–Crippen MR) is 72.5 cm³/mol. The Morgan fingerprint density at radius 3 is 2.67 bits per heavy atom. The maximum atomic E-state index is 12.4. The SMILES string of the molecule is NC(=O)CN(CC(=O)O)C(=O)C1COc2ccccc2C1. The van der Waals surface area contributed by atoms with Crippen LogP contribution in [0.5, 0.6) is 5.75 Å². The molecule has 0 fully saturated rings. The van der Waals surface area contributed by atoms with Crippen molar-refractivity contribution in [3.05, 3.63) is 29.8 Å². The number of carboxylic acid groups (broad SMARTS) is 1. The lowest BCUT2D eigenvalue weighted by atomic mass is 9.95. The first kappa shape index (κ1) is 14.8. The molecule has 1 aliphatic heterocycles. The third-order valence-electron chi connectivity index (χ3n) is 3.21. The zero-order valence-corrected chi connectivity index (χ0v) is 11.3. The number of carbonyl (C=O) groups is 3. The second-order valence-corrected chi connectivity index (χ2v) is 4.87. The molecule has 1 aromatic carbocycles. The van der Waals surface area contributed by atoms with E-state index >= 15 is 0 Å². The molecule has 2 rings (SSSR count). The molecule has 1 atom stereocenters. The van der Waals surface area contributed by atoms with Crippen molar-refractivity contribution in [3.63, 3.8) is 0 Å². The number of para-hydroxylation sites is 1. The van der Waals surface area contributed by atoms with Gasteiger partial charge in [0.05, 0.1) is 12.5 Å². The Labute approximate surface area is 121 Å². The molecule has 0 spiro atoms. The van der Waals surface area contributed by atoms with Crippen LogP contribution in [0.4, 0.5) is 0 Å². The van der Waals surface area contributed by atoms with E-state index in [2.05, 4.69) is 0 Å². The summed E-state index contributed by atoms with van der Waals surface area (Å²) in [7, 11) is 0. The first-order valence-electron chi connectivity index (χ1n) is 6.47. The van der Waals surface area contributed by atoms with Crippen molar-refractivity contribution < 1.29 is 24.2 Å². The predicted octanol–water partition coefficient (Wildman–Crippen LogP) is -0.364. The number of carbonyl (C=O) groups excluding carboxylic acids is 2. The van der Waals surface area contributed by atoms with Crippen LogP contribution in [-0.4, -0.2) is 47.5 Å². The Balaban J connectivity index is 2.11. The third kappa shape index (κ3) is 3.71. The van der Waals surface area contributed by atoms with Crippen molar-refractivity contribution in [3.8, 4) is 5.75 Å². The summed E-state index contributed by atoms with van der Waals surface area (Å²) in [5.41, 5.74) is 5.94. The summed E-state index contributed by atoms with van der Waals surface area (Å²) < 4.78 is 5.51. The van der Waals surface area contributed by atoms with Gasteiger partial charge in [0.15, 0.2) is 0 Å². The molecule has 0 aromatic heterocycles. The number of nitrogens with zero attached hydrogens (tertiary/aromatic N) is 1. The van der Waals surface area contributed by atoms with E-state index in [0.717, 1.165) is 16.2 Å². The van der Waals surface area contributed by atoms with Gasteiger partial charge in [-0.2, -0.15) is 0 Å². The van der Waals surface area contributed by atoms with Crippen LogP contribution in [0, 0.1) is 5.92 Å². The summed E-state index contributed by atoms with van der Waals surface area (Å²) in [4.78, 5) is 35.1. The Hall–Kier alpha value is -2.57. The van der Waals surface area contributed by atoms with E-state index in [1.165, 1.54) is 0 Å². The van der Waals surface area contributed by atoms with Crippen LogP contribution >= 0.6 is 0 Å². The maximum absolute atomic E-state index is 12.4. The average molecular weight is 292 g/mol. The maximum Gasteiger partial charge on any atom is 0.323 e. The first-order chi connectivity index (χ1) is 9.97. The van der Waals surface area contributed by atoms with Gasteiger partial charge in [-0.1, -0.05) is 18.2 Å². The van der Waals surface area contributed by atoms with Gasteiger partial charge in [-0.3, -0.25) is 14.4 Å². The molecule has 21 heavy (non-hydrogen) atoms. The minimum Gasteiger partial charge on any atom is -0.492 e. The summed E-state index contributed by atoms with van der Waals surface area (Å²) in [6.45, 7) is -0.812. The monoisotopic (exact) mass is 292 g/mol. The second kappa shape index (κ2) is 6.25.